The van der Waals surface area contributed by atoms with Crippen LogP contribution in [0, 0.1) is 12.8 Å². The lowest BCUT2D eigenvalue weighted by Gasteiger charge is -2.32. The van der Waals surface area contributed by atoms with E-state index in [9.17, 15) is 5.11 Å². The lowest BCUT2D eigenvalue weighted by Crippen LogP contribution is -2.32. The van der Waals surface area contributed by atoms with Crippen molar-refractivity contribution in [1.82, 2.24) is 0 Å². The third-order valence-electron chi connectivity index (χ3n) is 3.10. The van der Waals surface area contributed by atoms with Gasteiger partial charge in [-0.05, 0) is 49.3 Å². The van der Waals surface area contributed by atoms with Crippen LogP contribution in [0.1, 0.15) is 24.0 Å². The first-order valence-electron chi connectivity index (χ1n) is 5.10. The highest BCUT2D eigenvalue weighted by Gasteiger charge is 2.28. The van der Waals surface area contributed by atoms with Crippen molar-refractivity contribution < 1.29 is 5.11 Å². The molecule has 2 unspecified atom stereocenters. The molecule has 1 saturated carbocycles. The SMILES string of the molecule is Cc1cc(CC2CCC2O)ccc1Cl. The predicted octanol–water partition coefficient (Wildman–Crippen LogP) is 2.96. The molecule has 1 aliphatic carbocycles. The highest BCUT2D eigenvalue weighted by molar-refractivity contribution is 6.31. The van der Waals surface area contributed by atoms with Gasteiger partial charge in [0.15, 0.2) is 0 Å². The van der Waals surface area contributed by atoms with E-state index in [2.05, 4.69) is 12.1 Å². The summed E-state index contributed by atoms with van der Waals surface area (Å²) in [6, 6.07) is 6.12. The second kappa shape index (κ2) is 3.92. The Hall–Kier alpha value is -0.530. The number of hydrogen-bond donors (Lipinski definition) is 1. The number of benzene rings is 1. The zero-order valence-corrected chi connectivity index (χ0v) is 9.09. The molecule has 0 aliphatic heterocycles. The molecule has 0 spiro atoms. The highest BCUT2D eigenvalue weighted by atomic mass is 35.5. The van der Waals surface area contributed by atoms with Gasteiger partial charge in [0, 0.05) is 5.02 Å². The van der Waals surface area contributed by atoms with E-state index in [-0.39, 0.29) is 6.10 Å². The molecule has 76 valence electrons. The third kappa shape index (κ3) is 1.94. The summed E-state index contributed by atoms with van der Waals surface area (Å²) in [6.07, 6.45) is 3.03. The van der Waals surface area contributed by atoms with E-state index in [0.717, 1.165) is 29.8 Å². The van der Waals surface area contributed by atoms with Gasteiger partial charge < -0.3 is 5.11 Å². The fourth-order valence-corrected chi connectivity index (χ4v) is 2.04. The van der Waals surface area contributed by atoms with Gasteiger partial charge >= 0.3 is 0 Å². The van der Waals surface area contributed by atoms with Crippen molar-refractivity contribution in [2.24, 2.45) is 5.92 Å². The molecular weight excluding hydrogens is 196 g/mol. The summed E-state index contributed by atoms with van der Waals surface area (Å²) < 4.78 is 0. The largest absolute Gasteiger partial charge is 0.393 e. The van der Waals surface area contributed by atoms with Crippen LogP contribution < -0.4 is 0 Å². The summed E-state index contributed by atoms with van der Waals surface area (Å²) in [4.78, 5) is 0. The number of aliphatic hydroxyl groups excluding tert-OH is 1. The van der Waals surface area contributed by atoms with E-state index in [4.69, 9.17) is 11.6 Å². The Morgan fingerprint density at radius 3 is 2.71 bits per heavy atom. The van der Waals surface area contributed by atoms with Crippen molar-refractivity contribution in [3.05, 3.63) is 34.3 Å². The average Bonchev–Trinajstić information content (AvgIpc) is 2.17. The van der Waals surface area contributed by atoms with E-state index in [1.165, 1.54) is 5.56 Å². The van der Waals surface area contributed by atoms with Crippen LogP contribution in [0.4, 0.5) is 0 Å². The molecule has 0 heterocycles. The van der Waals surface area contributed by atoms with Gasteiger partial charge in [-0.2, -0.15) is 0 Å². The van der Waals surface area contributed by atoms with Crippen LogP contribution >= 0.6 is 11.6 Å². The fraction of sp³-hybridized carbons (Fsp3) is 0.500. The Bertz CT molecular complexity index is 335. The van der Waals surface area contributed by atoms with Crippen molar-refractivity contribution in [1.29, 1.82) is 0 Å². The van der Waals surface area contributed by atoms with Gasteiger partial charge in [-0.15, -0.1) is 0 Å². The van der Waals surface area contributed by atoms with Gasteiger partial charge in [0.1, 0.15) is 0 Å². The molecule has 2 heteroatoms. The fourth-order valence-electron chi connectivity index (χ4n) is 1.93. The molecule has 0 saturated heterocycles. The van der Waals surface area contributed by atoms with Crippen LogP contribution in [0.5, 0.6) is 0 Å². The maximum atomic E-state index is 9.47. The minimum absolute atomic E-state index is 0.0778. The van der Waals surface area contributed by atoms with Crippen LogP contribution in [-0.2, 0) is 6.42 Å². The predicted molar refractivity (Wildman–Crippen MR) is 58.6 cm³/mol. The normalized spacial score (nSPS) is 25.9. The summed E-state index contributed by atoms with van der Waals surface area (Å²) in [5.41, 5.74) is 2.41. The molecule has 0 radical (unpaired) electrons. The van der Waals surface area contributed by atoms with Crippen LogP contribution in [-0.4, -0.2) is 11.2 Å². The minimum atomic E-state index is -0.0778. The average molecular weight is 211 g/mol. The third-order valence-corrected chi connectivity index (χ3v) is 3.52. The van der Waals surface area contributed by atoms with Gasteiger partial charge in [-0.3, -0.25) is 0 Å². The molecule has 1 aromatic carbocycles. The zero-order chi connectivity index (χ0) is 10.1. The van der Waals surface area contributed by atoms with Gasteiger partial charge in [0.2, 0.25) is 0 Å². The molecule has 1 nitrogen and oxygen atoms in total. The molecular formula is C12H15ClO. The monoisotopic (exact) mass is 210 g/mol. The zero-order valence-electron chi connectivity index (χ0n) is 8.33. The maximum Gasteiger partial charge on any atom is 0.0571 e. The summed E-state index contributed by atoms with van der Waals surface area (Å²) in [7, 11) is 0. The molecule has 2 atom stereocenters. The summed E-state index contributed by atoms with van der Waals surface area (Å²) in [6.45, 7) is 2.02. The molecule has 0 bridgehead atoms. The van der Waals surface area contributed by atoms with Gasteiger partial charge in [0.05, 0.1) is 6.10 Å². The quantitative estimate of drug-likeness (QED) is 0.796. The Morgan fingerprint density at radius 1 is 1.43 bits per heavy atom. The topological polar surface area (TPSA) is 20.2 Å². The second-order valence-corrected chi connectivity index (χ2v) is 4.60. The molecule has 0 aromatic heterocycles. The Labute approximate surface area is 89.7 Å². The van der Waals surface area contributed by atoms with E-state index in [1.807, 2.05) is 13.0 Å². The number of aliphatic hydroxyl groups is 1. The van der Waals surface area contributed by atoms with Gasteiger partial charge in [-0.25, -0.2) is 0 Å². The minimum Gasteiger partial charge on any atom is -0.393 e. The Balaban J connectivity index is 2.06. The molecule has 2 rings (SSSR count). The van der Waals surface area contributed by atoms with Crippen molar-refractivity contribution in [2.45, 2.75) is 32.3 Å². The summed E-state index contributed by atoms with van der Waals surface area (Å²) in [5, 5.41) is 10.3. The van der Waals surface area contributed by atoms with Crippen molar-refractivity contribution in [2.75, 3.05) is 0 Å². The second-order valence-electron chi connectivity index (χ2n) is 4.19. The van der Waals surface area contributed by atoms with E-state index in [0.29, 0.717) is 5.92 Å². The highest BCUT2D eigenvalue weighted by Crippen LogP contribution is 2.31. The molecule has 1 N–H and O–H groups in total. The smallest absolute Gasteiger partial charge is 0.0571 e. The lowest BCUT2D eigenvalue weighted by molar-refractivity contribution is 0.0244. The van der Waals surface area contributed by atoms with E-state index in [1.54, 1.807) is 0 Å². The van der Waals surface area contributed by atoms with Crippen LogP contribution in [0.2, 0.25) is 5.02 Å². The first-order valence-corrected chi connectivity index (χ1v) is 5.47. The van der Waals surface area contributed by atoms with E-state index >= 15 is 0 Å². The number of rotatable bonds is 2. The van der Waals surface area contributed by atoms with Crippen LogP contribution in [0.3, 0.4) is 0 Å². The first-order chi connectivity index (χ1) is 6.66. The molecule has 0 amide bonds. The van der Waals surface area contributed by atoms with Crippen molar-refractivity contribution in [3.8, 4) is 0 Å². The van der Waals surface area contributed by atoms with E-state index < -0.39 is 0 Å². The number of hydrogen-bond acceptors (Lipinski definition) is 1. The van der Waals surface area contributed by atoms with Crippen LogP contribution in [0.25, 0.3) is 0 Å². The summed E-state index contributed by atoms with van der Waals surface area (Å²) in [5.74, 6) is 0.468. The Morgan fingerprint density at radius 2 is 2.21 bits per heavy atom. The molecule has 14 heavy (non-hydrogen) atoms. The molecule has 1 aromatic rings. The lowest BCUT2D eigenvalue weighted by atomic mass is 9.78. The van der Waals surface area contributed by atoms with Crippen LogP contribution in [0.15, 0.2) is 18.2 Å². The number of aryl methyl sites for hydroxylation is 1. The van der Waals surface area contributed by atoms with Crippen molar-refractivity contribution >= 4 is 11.6 Å². The first kappa shape index (κ1) is 10.0. The molecule has 1 fully saturated rings. The Kier molecular flexibility index (Phi) is 2.80. The van der Waals surface area contributed by atoms with Crippen molar-refractivity contribution in [3.63, 3.8) is 0 Å². The molecule has 1 aliphatic rings. The van der Waals surface area contributed by atoms with Gasteiger partial charge in [0.25, 0.3) is 0 Å². The maximum absolute atomic E-state index is 9.47. The standard InChI is InChI=1S/C12H15ClO/c1-8-6-9(2-4-11(8)13)7-10-3-5-12(10)14/h2,4,6,10,12,14H,3,5,7H2,1H3. The number of halogens is 1. The summed E-state index contributed by atoms with van der Waals surface area (Å²) >= 11 is 5.94. The van der Waals surface area contributed by atoms with Gasteiger partial charge in [-0.1, -0.05) is 23.7 Å².